The summed E-state index contributed by atoms with van der Waals surface area (Å²) in [5, 5.41) is 10.2. The molecule has 7 heteroatoms. The zero-order valence-electron chi connectivity index (χ0n) is 10.8. The maximum Gasteiger partial charge on any atom is 0.331 e. The molecule has 1 unspecified atom stereocenters. The Bertz CT molecular complexity index is 517. The van der Waals surface area contributed by atoms with Gasteiger partial charge in [0.25, 0.3) is 0 Å². The molecule has 1 atom stereocenters. The third-order valence-corrected chi connectivity index (χ3v) is 2.67. The van der Waals surface area contributed by atoms with E-state index >= 15 is 0 Å². The van der Waals surface area contributed by atoms with Gasteiger partial charge in [0, 0.05) is 29.8 Å². The van der Waals surface area contributed by atoms with E-state index in [0.717, 1.165) is 6.08 Å². The quantitative estimate of drug-likeness (QED) is 0.357. The van der Waals surface area contributed by atoms with E-state index in [4.69, 9.17) is 27.3 Å². The van der Waals surface area contributed by atoms with Gasteiger partial charge in [-0.1, -0.05) is 29.8 Å². The minimum atomic E-state index is -1.23. The lowest BCUT2D eigenvalue weighted by atomic mass is 10.1. The molecule has 1 rings (SSSR count). The van der Waals surface area contributed by atoms with Crippen LogP contribution in [0, 0.1) is 0 Å². The number of carboxylic acid groups (broad SMARTS) is 1. The van der Waals surface area contributed by atoms with Crippen molar-refractivity contribution in [2.75, 3.05) is 13.6 Å². The largest absolute Gasteiger partial charge is 0.478 e. The van der Waals surface area contributed by atoms with Gasteiger partial charge in [-0.15, -0.1) is 0 Å². The van der Waals surface area contributed by atoms with E-state index in [0.29, 0.717) is 16.7 Å². The first-order valence-corrected chi connectivity index (χ1v) is 6.10. The van der Waals surface area contributed by atoms with Crippen LogP contribution in [0.1, 0.15) is 11.7 Å². The van der Waals surface area contributed by atoms with Gasteiger partial charge in [0.05, 0.1) is 6.54 Å². The first-order chi connectivity index (χ1) is 9.40. The van der Waals surface area contributed by atoms with Crippen LogP contribution in [0.25, 0.3) is 0 Å². The summed E-state index contributed by atoms with van der Waals surface area (Å²) < 4.78 is 5.18. The maximum absolute atomic E-state index is 11.5. The first-order valence-electron chi connectivity index (χ1n) is 5.72. The van der Waals surface area contributed by atoms with Crippen LogP contribution in [0.5, 0.6) is 0 Å². The Morgan fingerprint density at radius 1 is 1.45 bits per heavy atom. The highest BCUT2D eigenvalue weighted by Gasteiger charge is 2.19. The molecule has 1 aromatic carbocycles. The van der Waals surface area contributed by atoms with Crippen molar-refractivity contribution in [3.63, 3.8) is 0 Å². The van der Waals surface area contributed by atoms with E-state index < -0.39 is 18.0 Å². The number of benzene rings is 1. The second-order valence-electron chi connectivity index (χ2n) is 4.06. The van der Waals surface area contributed by atoms with Crippen molar-refractivity contribution in [1.82, 2.24) is 5.01 Å². The van der Waals surface area contributed by atoms with E-state index in [2.05, 4.69) is 0 Å². The molecule has 0 bridgehead atoms. The first kappa shape index (κ1) is 16.2. The van der Waals surface area contributed by atoms with Gasteiger partial charge in [-0.3, -0.25) is 5.84 Å². The van der Waals surface area contributed by atoms with E-state index in [1.807, 2.05) is 0 Å². The lowest BCUT2D eigenvalue weighted by Gasteiger charge is -2.21. The number of carbonyl (C=O) groups is 2. The molecule has 1 aromatic rings. The molecule has 0 aliphatic rings. The normalized spacial score (nSPS) is 12.6. The van der Waals surface area contributed by atoms with E-state index in [1.165, 1.54) is 5.01 Å². The Morgan fingerprint density at radius 2 is 2.10 bits per heavy atom. The molecule has 0 spiro atoms. The fourth-order valence-electron chi connectivity index (χ4n) is 1.52. The van der Waals surface area contributed by atoms with E-state index in [-0.39, 0.29) is 6.54 Å². The number of carbonyl (C=O) groups excluding carboxylic acids is 1. The summed E-state index contributed by atoms with van der Waals surface area (Å²) in [7, 11) is 1.62. The predicted molar refractivity (Wildman–Crippen MR) is 73.9 cm³/mol. The van der Waals surface area contributed by atoms with E-state index in [9.17, 15) is 9.59 Å². The fourth-order valence-corrected chi connectivity index (χ4v) is 1.77. The number of nitrogens with zero attached hydrogens (tertiary/aromatic N) is 1. The number of ether oxygens (including phenoxy) is 1. The van der Waals surface area contributed by atoms with Crippen LogP contribution in [0.4, 0.5) is 0 Å². The molecular formula is C13H15ClN2O4. The van der Waals surface area contributed by atoms with Crippen molar-refractivity contribution in [3.8, 4) is 0 Å². The average molecular weight is 299 g/mol. The van der Waals surface area contributed by atoms with Crippen LogP contribution in [-0.2, 0) is 14.3 Å². The zero-order valence-corrected chi connectivity index (χ0v) is 11.6. The van der Waals surface area contributed by atoms with Crippen LogP contribution in [0.2, 0.25) is 5.02 Å². The molecule has 0 aliphatic carbocycles. The van der Waals surface area contributed by atoms with Crippen LogP contribution >= 0.6 is 11.6 Å². The molecule has 0 fully saturated rings. The molecular weight excluding hydrogens is 284 g/mol. The number of aliphatic carboxylic acids is 1. The monoisotopic (exact) mass is 298 g/mol. The van der Waals surface area contributed by atoms with Crippen molar-refractivity contribution < 1.29 is 19.4 Å². The van der Waals surface area contributed by atoms with E-state index in [1.54, 1.807) is 31.3 Å². The topological polar surface area (TPSA) is 92.9 Å². The summed E-state index contributed by atoms with van der Waals surface area (Å²) >= 11 is 6.05. The second-order valence-corrected chi connectivity index (χ2v) is 4.47. The number of esters is 1. The Morgan fingerprint density at radius 3 is 2.65 bits per heavy atom. The zero-order chi connectivity index (χ0) is 15.1. The number of hydrazine groups is 1. The van der Waals surface area contributed by atoms with Crippen molar-refractivity contribution in [3.05, 3.63) is 47.0 Å². The standard InChI is InChI=1S/C13H15ClN2O4/c1-16(15)8-11(9-4-2-3-5-10(9)14)20-13(19)7-6-12(17)18/h2-7,11H,8,15H2,1H3,(H,17,18)/b7-6+. The number of likely N-dealkylation sites (N-methyl/N-ethyl adjacent to an activating group) is 1. The van der Waals surface area contributed by atoms with Gasteiger partial charge in [0.15, 0.2) is 0 Å². The average Bonchev–Trinajstić information content (AvgIpc) is 2.35. The number of hydrogen-bond donors (Lipinski definition) is 2. The molecule has 20 heavy (non-hydrogen) atoms. The molecule has 108 valence electrons. The third-order valence-electron chi connectivity index (χ3n) is 2.33. The Balaban J connectivity index is 2.88. The summed E-state index contributed by atoms with van der Waals surface area (Å²) in [4.78, 5) is 21.9. The smallest absolute Gasteiger partial charge is 0.331 e. The van der Waals surface area contributed by atoms with Gasteiger partial charge in [-0.05, 0) is 6.07 Å². The fraction of sp³-hybridized carbons (Fsp3) is 0.231. The highest BCUT2D eigenvalue weighted by Crippen LogP contribution is 2.26. The summed E-state index contributed by atoms with van der Waals surface area (Å²) in [6, 6.07) is 6.89. The molecule has 0 amide bonds. The molecule has 0 saturated carbocycles. The SMILES string of the molecule is CN(N)CC(OC(=O)/C=C/C(=O)O)c1ccccc1Cl. The van der Waals surface area contributed by atoms with Crippen molar-refractivity contribution in [1.29, 1.82) is 0 Å². The van der Waals surface area contributed by atoms with Crippen LogP contribution in [0.3, 0.4) is 0 Å². The van der Waals surface area contributed by atoms with Crippen LogP contribution < -0.4 is 5.84 Å². The van der Waals surface area contributed by atoms with Gasteiger partial charge >= 0.3 is 11.9 Å². The van der Waals surface area contributed by atoms with Crippen LogP contribution in [0.15, 0.2) is 36.4 Å². The molecule has 0 saturated heterocycles. The molecule has 0 heterocycles. The Labute approximate surface area is 121 Å². The van der Waals surface area contributed by atoms with Gasteiger partial charge < -0.3 is 9.84 Å². The Kier molecular flexibility index (Phi) is 6.17. The molecule has 6 nitrogen and oxygen atoms in total. The van der Waals surface area contributed by atoms with Gasteiger partial charge in [0.1, 0.15) is 6.10 Å². The summed E-state index contributed by atoms with van der Waals surface area (Å²) in [6.45, 7) is 0.219. The maximum atomic E-state index is 11.5. The minimum Gasteiger partial charge on any atom is -0.478 e. The summed E-state index contributed by atoms with van der Waals surface area (Å²) in [6.07, 6.45) is 0.852. The molecule has 0 aromatic heterocycles. The lowest BCUT2D eigenvalue weighted by Crippen LogP contribution is -2.32. The third kappa shape index (κ3) is 5.40. The van der Waals surface area contributed by atoms with Crippen molar-refractivity contribution in [2.45, 2.75) is 6.10 Å². The van der Waals surface area contributed by atoms with Crippen molar-refractivity contribution in [2.24, 2.45) is 5.84 Å². The lowest BCUT2D eigenvalue weighted by molar-refractivity contribution is -0.144. The van der Waals surface area contributed by atoms with Gasteiger partial charge in [-0.25, -0.2) is 14.6 Å². The highest BCUT2D eigenvalue weighted by molar-refractivity contribution is 6.31. The minimum absolute atomic E-state index is 0.219. The number of nitrogens with two attached hydrogens (primary N) is 1. The molecule has 0 radical (unpaired) electrons. The van der Waals surface area contributed by atoms with Gasteiger partial charge in [-0.2, -0.15) is 0 Å². The number of hydrogen-bond acceptors (Lipinski definition) is 5. The van der Waals surface area contributed by atoms with Gasteiger partial charge in [0.2, 0.25) is 0 Å². The summed E-state index contributed by atoms with van der Waals surface area (Å²) in [5.74, 6) is 3.56. The number of rotatable bonds is 6. The molecule has 3 N–H and O–H groups in total. The molecule has 0 aliphatic heterocycles. The number of halogens is 1. The number of carboxylic acids is 1. The Hall–Kier alpha value is -1.89. The predicted octanol–water partition coefficient (Wildman–Crippen LogP) is 1.37. The summed E-state index contributed by atoms with van der Waals surface area (Å²) in [5.41, 5.74) is 0.601. The van der Waals surface area contributed by atoms with Crippen LogP contribution in [-0.4, -0.2) is 35.6 Å². The second kappa shape index (κ2) is 7.64. The highest BCUT2D eigenvalue weighted by atomic mass is 35.5. The van der Waals surface area contributed by atoms with Crippen molar-refractivity contribution >= 4 is 23.5 Å².